The molecule has 1 heterocycles. The third-order valence-corrected chi connectivity index (χ3v) is 1.59. The molecule has 0 aliphatic heterocycles. The molecule has 0 saturated carbocycles. The van der Waals surface area contributed by atoms with Crippen LogP contribution in [0.1, 0.15) is 5.56 Å². The van der Waals surface area contributed by atoms with Crippen LogP contribution in [0.3, 0.4) is 0 Å². The molecule has 0 aromatic carbocycles. The number of hydrogen-bond donors (Lipinski definition) is 2. The van der Waals surface area contributed by atoms with E-state index in [1.807, 2.05) is 12.1 Å². The van der Waals surface area contributed by atoms with Crippen LogP contribution in [0, 0.1) is 12.3 Å². The summed E-state index contributed by atoms with van der Waals surface area (Å²) in [6.45, 7) is 0. The van der Waals surface area contributed by atoms with Crippen LogP contribution in [-0.4, -0.2) is 11.0 Å². The van der Waals surface area contributed by atoms with Crippen molar-refractivity contribution in [2.75, 3.05) is 0 Å². The fourth-order valence-corrected chi connectivity index (χ4v) is 0.921. The molecule has 0 bridgehead atoms. The highest BCUT2D eigenvalue weighted by molar-refractivity contribution is 5.15. The minimum Gasteiger partial charge on any atom is -0.270 e. The maximum Gasteiger partial charge on any atom is 0.0855 e. The number of nitrogens with two attached hydrogens (primary N) is 1. The van der Waals surface area contributed by atoms with Crippen LogP contribution in [-0.2, 0) is 6.42 Å². The Morgan fingerprint density at radius 3 is 2.75 bits per heavy atom. The lowest BCUT2D eigenvalue weighted by Crippen LogP contribution is -2.35. The predicted octanol–water partition coefficient (Wildman–Crippen LogP) is 0.0892. The third kappa shape index (κ3) is 2.35. The Morgan fingerprint density at radius 2 is 2.25 bits per heavy atom. The first-order chi connectivity index (χ1) is 5.86. The van der Waals surface area contributed by atoms with Crippen LogP contribution in [0.2, 0.25) is 0 Å². The monoisotopic (exact) mass is 161 g/mol. The minimum absolute atomic E-state index is 0.104. The maximum atomic E-state index is 5.22. The average Bonchev–Trinajstić information content (AvgIpc) is 2.16. The first-order valence-corrected chi connectivity index (χ1v) is 3.68. The van der Waals surface area contributed by atoms with E-state index in [9.17, 15) is 0 Å². The number of aromatic nitrogens is 1. The zero-order chi connectivity index (χ0) is 8.81. The van der Waals surface area contributed by atoms with Crippen molar-refractivity contribution in [1.29, 1.82) is 0 Å². The second-order valence-corrected chi connectivity index (χ2v) is 2.45. The highest BCUT2D eigenvalue weighted by atomic mass is 15.2. The van der Waals surface area contributed by atoms with Gasteiger partial charge >= 0.3 is 0 Å². The van der Waals surface area contributed by atoms with Gasteiger partial charge in [-0.25, -0.2) is 5.43 Å². The molecule has 1 unspecified atom stereocenters. The van der Waals surface area contributed by atoms with E-state index in [-0.39, 0.29) is 6.04 Å². The van der Waals surface area contributed by atoms with Crippen LogP contribution >= 0.6 is 0 Å². The molecule has 1 aromatic heterocycles. The normalized spacial score (nSPS) is 12.0. The molecule has 3 heteroatoms. The zero-order valence-corrected chi connectivity index (χ0v) is 6.70. The molecule has 0 aliphatic rings. The quantitative estimate of drug-likeness (QED) is 0.375. The van der Waals surface area contributed by atoms with Crippen molar-refractivity contribution in [2.45, 2.75) is 12.5 Å². The summed E-state index contributed by atoms with van der Waals surface area (Å²) in [5, 5.41) is 0. The first-order valence-electron chi connectivity index (χ1n) is 3.68. The fraction of sp³-hybridized carbons (Fsp3) is 0.222. The van der Waals surface area contributed by atoms with E-state index in [1.165, 1.54) is 0 Å². The van der Waals surface area contributed by atoms with Gasteiger partial charge in [0, 0.05) is 18.8 Å². The van der Waals surface area contributed by atoms with Gasteiger partial charge in [-0.15, -0.1) is 6.42 Å². The summed E-state index contributed by atoms with van der Waals surface area (Å²) >= 11 is 0. The second-order valence-electron chi connectivity index (χ2n) is 2.45. The number of nitrogens with one attached hydrogen (secondary N) is 1. The van der Waals surface area contributed by atoms with Crippen LogP contribution in [0.5, 0.6) is 0 Å². The lowest BCUT2D eigenvalue weighted by atomic mass is 10.1. The molecule has 0 amide bonds. The van der Waals surface area contributed by atoms with Crippen molar-refractivity contribution in [3.8, 4) is 12.3 Å². The van der Waals surface area contributed by atoms with E-state index >= 15 is 0 Å². The smallest absolute Gasteiger partial charge is 0.0855 e. The van der Waals surface area contributed by atoms with E-state index in [1.54, 1.807) is 12.4 Å². The number of hydrogen-bond acceptors (Lipinski definition) is 3. The predicted molar refractivity (Wildman–Crippen MR) is 47.9 cm³/mol. The lowest BCUT2D eigenvalue weighted by molar-refractivity contribution is 0.633. The molecule has 0 saturated heterocycles. The first kappa shape index (κ1) is 8.72. The van der Waals surface area contributed by atoms with Gasteiger partial charge in [0.25, 0.3) is 0 Å². The van der Waals surface area contributed by atoms with Crippen LogP contribution in [0.15, 0.2) is 24.5 Å². The minimum atomic E-state index is -0.104. The Kier molecular flexibility index (Phi) is 3.27. The van der Waals surface area contributed by atoms with Crippen molar-refractivity contribution in [2.24, 2.45) is 5.84 Å². The molecular formula is C9H11N3. The van der Waals surface area contributed by atoms with Crippen LogP contribution < -0.4 is 11.3 Å². The highest BCUT2D eigenvalue weighted by Gasteiger charge is 2.01. The molecule has 12 heavy (non-hydrogen) atoms. The molecule has 1 rings (SSSR count). The van der Waals surface area contributed by atoms with Gasteiger partial charge in [0.2, 0.25) is 0 Å². The van der Waals surface area contributed by atoms with Gasteiger partial charge in [-0.05, 0) is 17.7 Å². The summed E-state index contributed by atoms with van der Waals surface area (Å²) < 4.78 is 0. The van der Waals surface area contributed by atoms with Crippen molar-refractivity contribution in [3.05, 3.63) is 30.1 Å². The van der Waals surface area contributed by atoms with Crippen LogP contribution in [0.4, 0.5) is 0 Å². The number of nitrogens with zero attached hydrogens (tertiary/aromatic N) is 1. The van der Waals surface area contributed by atoms with Gasteiger partial charge < -0.3 is 0 Å². The molecule has 1 aromatic rings. The fourth-order valence-electron chi connectivity index (χ4n) is 0.921. The molecule has 3 nitrogen and oxygen atoms in total. The number of hydrazine groups is 1. The van der Waals surface area contributed by atoms with Crippen molar-refractivity contribution >= 4 is 0 Å². The van der Waals surface area contributed by atoms with Gasteiger partial charge in [0.15, 0.2) is 0 Å². The summed E-state index contributed by atoms with van der Waals surface area (Å²) in [6, 6.07) is 3.73. The molecule has 0 aliphatic carbocycles. The van der Waals surface area contributed by atoms with Crippen molar-refractivity contribution < 1.29 is 0 Å². The summed E-state index contributed by atoms with van der Waals surface area (Å²) in [5.41, 5.74) is 3.67. The van der Waals surface area contributed by atoms with Gasteiger partial charge in [-0.2, -0.15) is 0 Å². The Balaban J connectivity index is 2.58. The molecule has 3 N–H and O–H groups in total. The topological polar surface area (TPSA) is 50.9 Å². The van der Waals surface area contributed by atoms with Gasteiger partial charge in [0.1, 0.15) is 0 Å². The van der Waals surface area contributed by atoms with E-state index in [0.29, 0.717) is 0 Å². The third-order valence-electron chi connectivity index (χ3n) is 1.59. The van der Waals surface area contributed by atoms with Gasteiger partial charge in [-0.3, -0.25) is 10.8 Å². The molecule has 1 atom stereocenters. The van der Waals surface area contributed by atoms with Gasteiger partial charge in [-0.1, -0.05) is 5.92 Å². The van der Waals surface area contributed by atoms with Gasteiger partial charge in [0.05, 0.1) is 6.04 Å². The highest BCUT2D eigenvalue weighted by Crippen LogP contribution is 1.99. The number of pyridine rings is 1. The molecular weight excluding hydrogens is 150 g/mol. The molecule has 0 spiro atoms. The summed E-state index contributed by atoms with van der Waals surface area (Å²) in [4.78, 5) is 3.90. The number of terminal acetylenes is 1. The largest absolute Gasteiger partial charge is 0.270 e. The molecule has 0 fully saturated rings. The van der Waals surface area contributed by atoms with E-state index in [2.05, 4.69) is 16.3 Å². The Bertz CT molecular complexity index is 263. The van der Waals surface area contributed by atoms with E-state index in [0.717, 1.165) is 12.0 Å². The zero-order valence-electron chi connectivity index (χ0n) is 6.70. The SMILES string of the molecule is C#CC(Cc1ccncc1)NN. The standard InChI is InChI=1S/C9H11N3/c1-2-9(12-10)7-8-3-5-11-6-4-8/h1,3-6,9,12H,7,10H2. The Labute approximate surface area is 72.0 Å². The van der Waals surface area contributed by atoms with Crippen molar-refractivity contribution in [3.63, 3.8) is 0 Å². The van der Waals surface area contributed by atoms with Crippen LogP contribution in [0.25, 0.3) is 0 Å². The second kappa shape index (κ2) is 4.50. The van der Waals surface area contributed by atoms with Crippen molar-refractivity contribution in [1.82, 2.24) is 10.4 Å². The van der Waals surface area contributed by atoms with E-state index < -0.39 is 0 Å². The summed E-state index contributed by atoms with van der Waals surface area (Å²) in [7, 11) is 0. The summed E-state index contributed by atoms with van der Waals surface area (Å²) in [5.74, 6) is 7.77. The lowest BCUT2D eigenvalue weighted by Gasteiger charge is -2.07. The Morgan fingerprint density at radius 1 is 1.58 bits per heavy atom. The van der Waals surface area contributed by atoms with E-state index in [4.69, 9.17) is 12.3 Å². The average molecular weight is 161 g/mol. The summed E-state index contributed by atoms with van der Waals surface area (Å²) in [6.07, 6.45) is 9.43. The Hall–Kier alpha value is -1.37. The maximum absolute atomic E-state index is 5.22. The number of rotatable bonds is 3. The molecule has 0 radical (unpaired) electrons. The molecule has 62 valence electrons.